The minimum absolute atomic E-state index is 0.251. The van der Waals surface area contributed by atoms with E-state index in [2.05, 4.69) is 9.97 Å². The molecule has 0 unspecified atom stereocenters. The first kappa shape index (κ1) is 12.0. The summed E-state index contributed by atoms with van der Waals surface area (Å²) in [6, 6.07) is 5.12. The average molecular weight is 244 g/mol. The van der Waals surface area contributed by atoms with Crippen LogP contribution in [-0.2, 0) is 0 Å². The fourth-order valence-electron chi connectivity index (χ4n) is 1.62. The summed E-state index contributed by atoms with van der Waals surface area (Å²) in [5.41, 5.74) is 0.668. The molecule has 0 saturated heterocycles. The van der Waals surface area contributed by atoms with Crippen LogP contribution in [-0.4, -0.2) is 30.0 Å². The number of ketones is 1. The molecule has 0 atom stereocenters. The Morgan fingerprint density at radius 2 is 2.00 bits per heavy atom. The summed E-state index contributed by atoms with van der Waals surface area (Å²) in [6.45, 7) is 0. The van der Waals surface area contributed by atoms with E-state index in [4.69, 9.17) is 9.47 Å². The lowest BCUT2D eigenvalue weighted by molar-refractivity contribution is 0.103. The molecule has 18 heavy (non-hydrogen) atoms. The lowest BCUT2D eigenvalue weighted by Gasteiger charge is -2.11. The highest BCUT2D eigenvalue weighted by Gasteiger charge is 2.18. The third-order valence-corrected chi connectivity index (χ3v) is 2.44. The van der Waals surface area contributed by atoms with Crippen molar-refractivity contribution in [2.45, 2.75) is 0 Å². The Hall–Kier alpha value is -2.43. The van der Waals surface area contributed by atoms with Gasteiger partial charge in [0.25, 0.3) is 0 Å². The Balaban J connectivity index is 2.48. The maximum absolute atomic E-state index is 12.3. The first-order valence-corrected chi connectivity index (χ1v) is 5.29. The quantitative estimate of drug-likeness (QED) is 0.766. The molecule has 0 fully saturated rings. The van der Waals surface area contributed by atoms with Gasteiger partial charge in [0.2, 0.25) is 5.78 Å². The maximum atomic E-state index is 12.3. The van der Waals surface area contributed by atoms with Crippen LogP contribution in [0.3, 0.4) is 0 Å². The minimum Gasteiger partial charge on any atom is -0.493 e. The van der Waals surface area contributed by atoms with Crippen molar-refractivity contribution in [1.29, 1.82) is 0 Å². The van der Waals surface area contributed by atoms with E-state index >= 15 is 0 Å². The Morgan fingerprint density at radius 1 is 1.17 bits per heavy atom. The number of rotatable bonds is 4. The van der Waals surface area contributed by atoms with Crippen LogP contribution in [0.1, 0.15) is 16.1 Å². The molecule has 2 rings (SSSR count). The summed E-state index contributed by atoms with van der Waals surface area (Å²) < 4.78 is 10.4. The molecule has 0 aliphatic rings. The molecule has 1 aromatic carbocycles. The Bertz CT molecular complexity index is 555. The van der Waals surface area contributed by atoms with Gasteiger partial charge in [0.15, 0.2) is 11.5 Å². The zero-order chi connectivity index (χ0) is 13.0. The fourth-order valence-corrected chi connectivity index (χ4v) is 1.62. The zero-order valence-electron chi connectivity index (χ0n) is 10.1. The molecule has 92 valence electrons. The van der Waals surface area contributed by atoms with E-state index in [-0.39, 0.29) is 11.5 Å². The molecule has 1 heterocycles. The van der Waals surface area contributed by atoms with Gasteiger partial charge in [-0.1, -0.05) is 6.07 Å². The van der Waals surface area contributed by atoms with Crippen LogP contribution in [0, 0.1) is 0 Å². The maximum Gasteiger partial charge on any atom is 0.216 e. The van der Waals surface area contributed by atoms with Crippen LogP contribution in [0.15, 0.2) is 36.8 Å². The monoisotopic (exact) mass is 244 g/mol. The topological polar surface area (TPSA) is 61.3 Å². The van der Waals surface area contributed by atoms with Crippen molar-refractivity contribution < 1.29 is 14.3 Å². The van der Waals surface area contributed by atoms with Gasteiger partial charge in [0, 0.05) is 12.4 Å². The molecular formula is C13H12N2O3. The van der Waals surface area contributed by atoms with Gasteiger partial charge < -0.3 is 9.47 Å². The minimum atomic E-state index is -0.251. The van der Waals surface area contributed by atoms with E-state index in [1.807, 2.05) is 0 Å². The largest absolute Gasteiger partial charge is 0.493 e. The predicted octanol–water partition coefficient (Wildman–Crippen LogP) is 1.72. The van der Waals surface area contributed by atoms with Crippen LogP contribution in [0.2, 0.25) is 0 Å². The molecule has 0 amide bonds. The summed E-state index contributed by atoms with van der Waals surface area (Å²) in [7, 11) is 3.01. The number of aromatic nitrogens is 2. The number of carbonyl (C=O) groups is 1. The fraction of sp³-hybridized carbons (Fsp3) is 0.154. The normalized spacial score (nSPS) is 9.89. The van der Waals surface area contributed by atoms with Crippen molar-refractivity contribution in [1.82, 2.24) is 9.97 Å². The first-order valence-electron chi connectivity index (χ1n) is 5.29. The van der Waals surface area contributed by atoms with Gasteiger partial charge in [0.05, 0.1) is 26.0 Å². The molecule has 1 aromatic heterocycles. The summed E-state index contributed by atoms with van der Waals surface area (Å²) in [4.78, 5) is 20.1. The van der Waals surface area contributed by atoms with Gasteiger partial charge in [-0.05, 0) is 12.1 Å². The molecule has 0 aliphatic heterocycles. The number of benzene rings is 1. The molecule has 2 aromatic rings. The summed E-state index contributed by atoms with van der Waals surface area (Å²) in [5.74, 6) is 0.654. The summed E-state index contributed by atoms with van der Waals surface area (Å²) >= 11 is 0. The third-order valence-electron chi connectivity index (χ3n) is 2.44. The van der Waals surface area contributed by atoms with Gasteiger partial charge in [-0.15, -0.1) is 0 Å². The van der Waals surface area contributed by atoms with Crippen LogP contribution >= 0.6 is 0 Å². The van der Waals surface area contributed by atoms with Gasteiger partial charge >= 0.3 is 0 Å². The van der Waals surface area contributed by atoms with E-state index in [9.17, 15) is 4.79 Å². The molecule has 0 radical (unpaired) electrons. The zero-order valence-corrected chi connectivity index (χ0v) is 10.1. The smallest absolute Gasteiger partial charge is 0.216 e. The molecular weight excluding hydrogens is 232 g/mol. The average Bonchev–Trinajstić information content (AvgIpc) is 2.46. The number of methoxy groups -OCH3 is 2. The van der Waals surface area contributed by atoms with E-state index in [1.165, 1.54) is 32.8 Å². The van der Waals surface area contributed by atoms with Crippen LogP contribution in [0.25, 0.3) is 0 Å². The van der Waals surface area contributed by atoms with E-state index < -0.39 is 0 Å². The van der Waals surface area contributed by atoms with Crippen LogP contribution < -0.4 is 9.47 Å². The van der Waals surface area contributed by atoms with Crippen molar-refractivity contribution in [3.63, 3.8) is 0 Å². The Kier molecular flexibility index (Phi) is 3.52. The standard InChI is InChI=1S/C13H12N2O3/c1-17-11-5-3-4-9(13(11)18-2)12(16)10-8-14-6-7-15-10/h3-8H,1-2H3. The highest BCUT2D eigenvalue weighted by Crippen LogP contribution is 2.31. The van der Waals surface area contributed by atoms with Gasteiger partial charge in [-0.2, -0.15) is 0 Å². The first-order chi connectivity index (χ1) is 8.77. The second-order valence-electron chi connectivity index (χ2n) is 3.46. The molecule has 5 heteroatoms. The highest BCUT2D eigenvalue weighted by atomic mass is 16.5. The third kappa shape index (κ3) is 2.15. The van der Waals surface area contributed by atoms with Gasteiger partial charge in [0.1, 0.15) is 5.69 Å². The van der Waals surface area contributed by atoms with Gasteiger partial charge in [-0.25, -0.2) is 4.98 Å². The van der Waals surface area contributed by atoms with Crippen LogP contribution in [0.4, 0.5) is 0 Å². The van der Waals surface area contributed by atoms with E-state index in [1.54, 1.807) is 18.2 Å². The Morgan fingerprint density at radius 3 is 2.61 bits per heavy atom. The molecule has 0 bridgehead atoms. The van der Waals surface area contributed by atoms with Crippen molar-refractivity contribution in [2.75, 3.05) is 14.2 Å². The number of hydrogen-bond donors (Lipinski definition) is 0. The van der Waals surface area contributed by atoms with Gasteiger partial charge in [-0.3, -0.25) is 9.78 Å². The number of ether oxygens (including phenoxy) is 2. The number of nitrogens with zero attached hydrogens (tertiary/aromatic N) is 2. The van der Waals surface area contributed by atoms with Crippen molar-refractivity contribution in [3.05, 3.63) is 48.0 Å². The van der Waals surface area contributed by atoms with E-state index in [0.29, 0.717) is 17.1 Å². The SMILES string of the molecule is COc1cccc(C(=O)c2cnccn2)c1OC. The lowest BCUT2D eigenvalue weighted by Crippen LogP contribution is -2.07. The molecule has 0 saturated carbocycles. The molecule has 0 aliphatic carbocycles. The Labute approximate surface area is 104 Å². The second kappa shape index (κ2) is 5.27. The summed E-state index contributed by atoms with van der Waals surface area (Å²) in [6.07, 6.45) is 4.40. The van der Waals surface area contributed by atoms with Crippen LogP contribution in [0.5, 0.6) is 11.5 Å². The van der Waals surface area contributed by atoms with E-state index in [0.717, 1.165) is 0 Å². The molecule has 0 spiro atoms. The number of para-hydroxylation sites is 1. The van der Waals surface area contributed by atoms with Crippen molar-refractivity contribution in [2.24, 2.45) is 0 Å². The molecule has 0 N–H and O–H groups in total. The molecule has 5 nitrogen and oxygen atoms in total. The highest BCUT2D eigenvalue weighted by molar-refractivity contribution is 6.09. The summed E-state index contributed by atoms with van der Waals surface area (Å²) in [5, 5.41) is 0. The predicted molar refractivity (Wildman–Crippen MR) is 65.0 cm³/mol. The van der Waals surface area contributed by atoms with Crippen molar-refractivity contribution >= 4 is 5.78 Å². The second-order valence-corrected chi connectivity index (χ2v) is 3.46. The number of carbonyl (C=O) groups excluding carboxylic acids is 1. The van der Waals surface area contributed by atoms with Crippen molar-refractivity contribution in [3.8, 4) is 11.5 Å². The lowest BCUT2D eigenvalue weighted by atomic mass is 10.1. The number of hydrogen-bond acceptors (Lipinski definition) is 5.